The number of nitrogens with one attached hydrogen (secondary N) is 1. The predicted octanol–water partition coefficient (Wildman–Crippen LogP) is 4.19. The summed E-state index contributed by atoms with van der Waals surface area (Å²) in [6, 6.07) is 20.3. The molecule has 7 nitrogen and oxygen atoms in total. The van der Waals surface area contributed by atoms with E-state index in [1.54, 1.807) is 6.26 Å². The molecule has 7 heteroatoms. The van der Waals surface area contributed by atoms with Crippen LogP contribution in [-0.4, -0.2) is 53.3 Å². The number of nitrogens with zero attached hydrogens (tertiary/aromatic N) is 4. The van der Waals surface area contributed by atoms with E-state index in [1.807, 2.05) is 53.3 Å². The highest BCUT2D eigenvalue weighted by molar-refractivity contribution is 5.78. The van der Waals surface area contributed by atoms with Crippen LogP contribution in [0.2, 0.25) is 0 Å². The van der Waals surface area contributed by atoms with Gasteiger partial charge >= 0.3 is 0 Å². The molecule has 1 N–H and O–H groups in total. The molecule has 2 aromatic carbocycles. The monoisotopic (exact) mass is 469 g/mol. The van der Waals surface area contributed by atoms with Crippen molar-refractivity contribution in [2.45, 2.75) is 20.4 Å². The van der Waals surface area contributed by atoms with Crippen molar-refractivity contribution < 1.29 is 9.21 Å². The average Bonchev–Trinajstić information content (AvgIpc) is 3.56. The molecule has 1 aliphatic rings. The van der Waals surface area contributed by atoms with E-state index in [4.69, 9.17) is 4.42 Å². The summed E-state index contributed by atoms with van der Waals surface area (Å²) in [5, 5.41) is 7.62. The summed E-state index contributed by atoms with van der Waals surface area (Å²) < 4.78 is 7.53. The molecule has 0 radical (unpaired) electrons. The standard InChI is InChI=1S/C28H31N5O2/c1-21-7-6-10-26(22(21)2)32-15-13-31(14-16-32)19-28(34)29-18-23-17-27(35-20-23)25-11-12-33(30-25)24-8-4-3-5-9-24/h3-12,17,20H,13-16,18-19H2,1-2H3,(H,29,34). The van der Waals surface area contributed by atoms with Gasteiger partial charge in [-0.15, -0.1) is 0 Å². The summed E-state index contributed by atoms with van der Waals surface area (Å²) >= 11 is 0. The highest BCUT2D eigenvalue weighted by atomic mass is 16.3. The first kappa shape index (κ1) is 22.9. The van der Waals surface area contributed by atoms with Crippen LogP contribution >= 0.6 is 0 Å². The molecule has 0 atom stereocenters. The van der Waals surface area contributed by atoms with Crippen LogP contribution in [0.5, 0.6) is 0 Å². The Morgan fingerprint density at radius 1 is 1.00 bits per heavy atom. The summed E-state index contributed by atoms with van der Waals surface area (Å²) in [6.45, 7) is 8.79. The van der Waals surface area contributed by atoms with Crippen molar-refractivity contribution in [2.24, 2.45) is 0 Å². The Hall–Kier alpha value is -3.84. The molecule has 1 saturated heterocycles. The maximum Gasteiger partial charge on any atom is 0.234 e. The molecule has 4 aromatic rings. The molecular formula is C28H31N5O2. The van der Waals surface area contributed by atoms with Gasteiger partial charge in [-0.25, -0.2) is 4.68 Å². The van der Waals surface area contributed by atoms with Crippen molar-refractivity contribution in [2.75, 3.05) is 37.6 Å². The largest absolute Gasteiger partial charge is 0.462 e. The van der Waals surface area contributed by atoms with E-state index >= 15 is 0 Å². The van der Waals surface area contributed by atoms with Crippen molar-refractivity contribution >= 4 is 11.6 Å². The summed E-state index contributed by atoms with van der Waals surface area (Å²) in [6.07, 6.45) is 3.59. The molecule has 1 aliphatic heterocycles. The minimum atomic E-state index is 0.0290. The van der Waals surface area contributed by atoms with E-state index in [2.05, 4.69) is 52.3 Å². The number of carbonyl (C=O) groups excluding carboxylic acids is 1. The topological polar surface area (TPSA) is 66.5 Å². The molecule has 35 heavy (non-hydrogen) atoms. The van der Waals surface area contributed by atoms with E-state index in [0.29, 0.717) is 18.8 Å². The average molecular weight is 470 g/mol. The fraction of sp³-hybridized carbons (Fsp3) is 0.286. The number of carbonyl (C=O) groups is 1. The third kappa shape index (κ3) is 5.30. The summed E-state index contributed by atoms with van der Waals surface area (Å²) in [4.78, 5) is 17.2. The number of hydrogen-bond donors (Lipinski definition) is 1. The Morgan fingerprint density at radius 3 is 2.60 bits per heavy atom. The highest BCUT2D eigenvalue weighted by Gasteiger charge is 2.20. The number of amides is 1. The number of rotatable bonds is 7. The molecule has 1 fully saturated rings. The number of hydrogen-bond acceptors (Lipinski definition) is 5. The Morgan fingerprint density at radius 2 is 1.80 bits per heavy atom. The van der Waals surface area contributed by atoms with Crippen molar-refractivity contribution in [3.63, 3.8) is 0 Å². The second-order valence-electron chi connectivity index (χ2n) is 9.06. The van der Waals surface area contributed by atoms with Gasteiger partial charge < -0.3 is 14.6 Å². The van der Waals surface area contributed by atoms with Crippen molar-refractivity contribution in [1.29, 1.82) is 0 Å². The number of aromatic nitrogens is 2. The van der Waals surface area contributed by atoms with E-state index in [-0.39, 0.29) is 5.91 Å². The zero-order valence-electron chi connectivity index (χ0n) is 20.3. The van der Waals surface area contributed by atoms with Crippen LogP contribution in [0.3, 0.4) is 0 Å². The molecule has 0 bridgehead atoms. The van der Waals surface area contributed by atoms with Gasteiger partial charge in [0.2, 0.25) is 5.91 Å². The van der Waals surface area contributed by atoms with E-state index in [1.165, 1.54) is 16.8 Å². The number of benzene rings is 2. The zero-order chi connectivity index (χ0) is 24.2. The van der Waals surface area contributed by atoms with Gasteiger partial charge in [0.1, 0.15) is 5.69 Å². The first-order chi connectivity index (χ1) is 17.1. The summed E-state index contributed by atoms with van der Waals surface area (Å²) in [5.74, 6) is 0.716. The SMILES string of the molecule is Cc1cccc(N2CCN(CC(=O)NCc3coc(-c4ccn(-c5ccccc5)n4)c3)CC2)c1C. The lowest BCUT2D eigenvalue weighted by molar-refractivity contribution is -0.122. The smallest absolute Gasteiger partial charge is 0.234 e. The van der Waals surface area contributed by atoms with Gasteiger partial charge in [-0.2, -0.15) is 5.10 Å². The lowest BCUT2D eigenvalue weighted by atomic mass is 10.1. The van der Waals surface area contributed by atoms with E-state index < -0.39 is 0 Å². The maximum atomic E-state index is 12.6. The summed E-state index contributed by atoms with van der Waals surface area (Å²) in [7, 11) is 0. The maximum absolute atomic E-state index is 12.6. The predicted molar refractivity (Wildman–Crippen MR) is 138 cm³/mol. The van der Waals surface area contributed by atoms with Crippen LogP contribution in [-0.2, 0) is 11.3 Å². The second kappa shape index (κ2) is 10.2. The van der Waals surface area contributed by atoms with Crippen molar-refractivity contribution in [1.82, 2.24) is 20.0 Å². The van der Waals surface area contributed by atoms with E-state index in [9.17, 15) is 4.79 Å². The number of para-hydroxylation sites is 1. The van der Waals surface area contributed by atoms with Crippen molar-refractivity contribution in [3.8, 4) is 17.1 Å². The molecule has 3 heterocycles. The number of furan rings is 1. The van der Waals surface area contributed by atoms with Crippen LogP contribution in [0.4, 0.5) is 5.69 Å². The molecule has 180 valence electrons. The minimum Gasteiger partial charge on any atom is -0.462 e. The Bertz CT molecular complexity index is 1290. The Kier molecular flexibility index (Phi) is 6.68. The molecule has 0 spiro atoms. The van der Waals surface area contributed by atoms with Gasteiger partial charge in [-0.3, -0.25) is 9.69 Å². The third-order valence-electron chi connectivity index (χ3n) is 6.66. The molecule has 1 amide bonds. The van der Waals surface area contributed by atoms with Crippen LogP contribution in [0.15, 0.2) is 77.5 Å². The van der Waals surface area contributed by atoms with E-state index in [0.717, 1.165) is 43.1 Å². The third-order valence-corrected chi connectivity index (χ3v) is 6.66. The van der Waals surface area contributed by atoms with Gasteiger partial charge in [0.05, 0.1) is 18.5 Å². The zero-order valence-corrected chi connectivity index (χ0v) is 20.3. The van der Waals surface area contributed by atoms with Gasteiger partial charge in [0, 0.05) is 50.2 Å². The first-order valence-electron chi connectivity index (χ1n) is 12.1. The van der Waals surface area contributed by atoms with Gasteiger partial charge in [-0.05, 0) is 55.3 Å². The lowest BCUT2D eigenvalue weighted by Gasteiger charge is -2.36. The first-order valence-corrected chi connectivity index (χ1v) is 12.1. The van der Waals surface area contributed by atoms with Crippen LogP contribution in [0, 0.1) is 13.8 Å². The van der Waals surface area contributed by atoms with Gasteiger partial charge in [0.15, 0.2) is 5.76 Å². The molecular weight excluding hydrogens is 438 g/mol. The Labute approximate surface area is 206 Å². The van der Waals surface area contributed by atoms with Crippen LogP contribution in [0.25, 0.3) is 17.1 Å². The fourth-order valence-corrected chi connectivity index (χ4v) is 4.47. The van der Waals surface area contributed by atoms with Crippen LogP contribution in [0.1, 0.15) is 16.7 Å². The van der Waals surface area contributed by atoms with Gasteiger partial charge in [-0.1, -0.05) is 30.3 Å². The normalized spacial score (nSPS) is 14.3. The molecule has 2 aromatic heterocycles. The van der Waals surface area contributed by atoms with Crippen LogP contribution < -0.4 is 10.2 Å². The minimum absolute atomic E-state index is 0.0290. The highest BCUT2D eigenvalue weighted by Crippen LogP contribution is 2.24. The lowest BCUT2D eigenvalue weighted by Crippen LogP contribution is -2.49. The number of aryl methyl sites for hydroxylation is 1. The number of anilines is 1. The quantitative estimate of drug-likeness (QED) is 0.440. The summed E-state index contributed by atoms with van der Waals surface area (Å²) in [5.41, 5.74) is 6.63. The fourth-order valence-electron chi connectivity index (χ4n) is 4.47. The second-order valence-corrected chi connectivity index (χ2v) is 9.06. The van der Waals surface area contributed by atoms with Crippen molar-refractivity contribution in [3.05, 3.63) is 89.8 Å². The molecule has 0 aliphatic carbocycles. The molecule has 5 rings (SSSR count). The number of piperazine rings is 1. The van der Waals surface area contributed by atoms with Gasteiger partial charge in [0.25, 0.3) is 0 Å². The Balaban J connectivity index is 1.10. The molecule has 0 unspecified atom stereocenters. The molecule has 0 saturated carbocycles.